The smallest absolute Gasteiger partial charge is 0.432 e. The van der Waals surface area contributed by atoms with Crippen molar-refractivity contribution in [2.75, 3.05) is 13.2 Å². The monoisotopic (exact) mass is 622 g/mol. The fraction of sp³-hybridized carbons (Fsp3) is 0.688. The maximum atomic E-state index is 14.8. The third-order valence-corrected chi connectivity index (χ3v) is 8.91. The van der Waals surface area contributed by atoms with Crippen LogP contribution < -0.4 is 9.47 Å². The number of rotatable bonds is 10. The predicted octanol–water partition coefficient (Wildman–Crippen LogP) is 9.74. The van der Waals surface area contributed by atoms with Crippen LogP contribution in [-0.4, -0.2) is 32.0 Å². The van der Waals surface area contributed by atoms with Crippen LogP contribution in [0, 0.1) is 41.2 Å². The van der Waals surface area contributed by atoms with Gasteiger partial charge in [0.15, 0.2) is 17.9 Å². The van der Waals surface area contributed by atoms with E-state index in [-0.39, 0.29) is 30.9 Å². The Morgan fingerprint density at radius 2 is 1.47 bits per heavy atom. The molecule has 3 aliphatic rings. The Balaban J connectivity index is 1.24. The van der Waals surface area contributed by atoms with Gasteiger partial charge in [0, 0.05) is 23.6 Å². The lowest BCUT2D eigenvalue weighted by atomic mass is 9.76. The lowest BCUT2D eigenvalue weighted by Crippen LogP contribution is -2.37. The lowest BCUT2D eigenvalue weighted by molar-refractivity contribution is -0.276. The summed E-state index contributed by atoms with van der Waals surface area (Å²) >= 11 is 0. The summed E-state index contributed by atoms with van der Waals surface area (Å²) in [5.41, 5.74) is 0.956. The molecule has 0 N–H and O–H groups in total. The lowest BCUT2D eigenvalue weighted by Gasteiger charge is -2.37. The first kappa shape index (κ1) is 33.6. The molecule has 0 spiro atoms. The predicted molar refractivity (Wildman–Crippen MR) is 146 cm³/mol. The minimum Gasteiger partial charge on any atom is -0.432 e. The Labute approximate surface area is 248 Å². The van der Waals surface area contributed by atoms with Crippen molar-refractivity contribution in [3.63, 3.8) is 0 Å². The number of hydrogen-bond donors (Lipinski definition) is 0. The van der Waals surface area contributed by atoms with Crippen LogP contribution >= 0.6 is 0 Å². The zero-order valence-electron chi connectivity index (χ0n) is 24.6. The number of allylic oxidation sites excluding steroid dienone is 2. The molecule has 0 radical (unpaired) electrons. The molecule has 3 fully saturated rings. The molecule has 43 heavy (non-hydrogen) atoms. The molecule has 1 saturated heterocycles. The van der Waals surface area contributed by atoms with Gasteiger partial charge < -0.3 is 18.9 Å². The average molecular weight is 623 g/mol. The van der Waals surface area contributed by atoms with E-state index in [1.165, 1.54) is 25.7 Å². The van der Waals surface area contributed by atoms with E-state index in [0.717, 1.165) is 17.9 Å². The third kappa shape index (κ3) is 9.61. The maximum Gasteiger partial charge on any atom is 0.573 e. The molecule has 1 aromatic rings. The second kappa shape index (κ2) is 14.7. The number of benzene rings is 1. The van der Waals surface area contributed by atoms with Crippen LogP contribution in [0.5, 0.6) is 11.5 Å². The van der Waals surface area contributed by atoms with E-state index >= 15 is 0 Å². The van der Waals surface area contributed by atoms with Crippen LogP contribution in [0.15, 0.2) is 35.9 Å². The number of ether oxygens (including phenoxy) is 4. The van der Waals surface area contributed by atoms with Crippen molar-refractivity contribution in [2.24, 2.45) is 29.6 Å². The fourth-order valence-corrected chi connectivity index (χ4v) is 6.40. The van der Waals surface area contributed by atoms with Gasteiger partial charge in [-0.05, 0) is 69.1 Å². The highest BCUT2D eigenvalue weighted by atomic mass is 19.4. The van der Waals surface area contributed by atoms with Crippen molar-refractivity contribution in [1.29, 1.82) is 0 Å². The fourth-order valence-electron chi connectivity index (χ4n) is 6.40. The van der Waals surface area contributed by atoms with Crippen LogP contribution in [0.25, 0.3) is 0 Å². The van der Waals surface area contributed by atoms with Crippen LogP contribution in [0.4, 0.5) is 30.7 Å². The van der Waals surface area contributed by atoms with Gasteiger partial charge in [-0.25, -0.2) is 8.78 Å². The average Bonchev–Trinajstić information content (AvgIpc) is 2.95. The summed E-state index contributed by atoms with van der Waals surface area (Å²) in [7, 11) is 0. The zero-order chi connectivity index (χ0) is 31.2. The van der Waals surface area contributed by atoms with E-state index < -0.39 is 47.8 Å². The van der Waals surface area contributed by atoms with E-state index in [1.807, 2.05) is 19.1 Å². The molecule has 0 bridgehead atoms. The Kier molecular flexibility index (Phi) is 11.5. The molecular formula is C32H41F7O4. The van der Waals surface area contributed by atoms with Gasteiger partial charge in [0.1, 0.15) is 5.75 Å². The third-order valence-electron chi connectivity index (χ3n) is 8.91. The second-order valence-electron chi connectivity index (χ2n) is 12.2. The van der Waals surface area contributed by atoms with Crippen LogP contribution in [0.2, 0.25) is 0 Å². The molecule has 2 saturated carbocycles. The van der Waals surface area contributed by atoms with Crippen molar-refractivity contribution >= 4 is 0 Å². The molecule has 0 unspecified atom stereocenters. The summed E-state index contributed by atoms with van der Waals surface area (Å²) in [6, 6.07) is 0.512. The number of hydrogen-bond acceptors (Lipinski definition) is 4. The molecule has 4 nitrogen and oxygen atoms in total. The van der Waals surface area contributed by atoms with E-state index in [9.17, 15) is 30.7 Å². The van der Waals surface area contributed by atoms with Crippen molar-refractivity contribution in [3.8, 4) is 11.5 Å². The minimum atomic E-state index is -5.34. The molecule has 0 aromatic heterocycles. The molecular weight excluding hydrogens is 581 g/mol. The Hall–Kier alpha value is -2.27. The molecule has 242 valence electrons. The second-order valence-corrected chi connectivity index (χ2v) is 12.2. The van der Waals surface area contributed by atoms with Gasteiger partial charge in [-0.15, -0.1) is 13.2 Å². The summed E-state index contributed by atoms with van der Waals surface area (Å²) in [5.74, 6) is -5.39. The van der Waals surface area contributed by atoms with Gasteiger partial charge in [0.05, 0.1) is 19.1 Å². The molecule has 1 heterocycles. The van der Waals surface area contributed by atoms with Crippen molar-refractivity contribution < 1.29 is 49.7 Å². The highest BCUT2D eigenvalue weighted by molar-refractivity contribution is 5.35. The van der Waals surface area contributed by atoms with Gasteiger partial charge in [0.2, 0.25) is 5.75 Å². The van der Waals surface area contributed by atoms with Gasteiger partial charge in [0.25, 0.3) is 0 Å². The summed E-state index contributed by atoms with van der Waals surface area (Å²) in [6.07, 6.45) is 4.32. The largest absolute Gasteiger partial charge is 0.573 e. The van der Waals surface area contributed by atoms with Crippen LogP contribution in [-0.2, 0) is 9.47 Å². The highest BCUT2D eigenvalue weighted by Gasteiger charge is 2.44. The molecule has 0 amide bonds. The molecule has 11 heteroatoms. The first-order valence-electron chi connectivity index (χ1n) is 15.3. The maximum absolute atomic E-state index is 14.8. The highest BCUT2D eigenvalue weighted by Crippen LogP contribution is 2.42. The van der Waals surface area contributed by atoms with Gasteiger partial charge in [-0.2, -0.15) is 8.78 Å². The summed E-state index contributed by atoms with van der Waals surface area (Å²) in [4.78, 5) is 0. The van der Waals surface area contributed by atoms with E-state index in [0.29, 0.717) is 44.3 Å². The van der Waals surface area contributed by atoms with E-state index in [1.54, 1.807) is 0 Å². The number of alkyl halides is 5. The van der Waals surface area contributed by atoms with Crippen molar-refractivity contribution in [1.82, 2.24) is 0 Å². The molecule has 1 aliphatic heterocycles. The quantitative estimate of drug-likeness (QED) is 0.192. The first-order valence-corrected chi connectivity index (χ1v) is 15.3. The SMILES string of the molecule is CC/C=C(\C=C/CC1CCC(C(F)(F)Oc2cc(F)c(OC(F)(F)F)c(F)c2)CC1)C1OCC(C2CCC(C)CC2)CO1. The topological polar surface area (TPSA) is 36.9 Å². The first-order chi connectivity index (χ1) is 20.3. The van der Waals surface area contributed by atoms with E-state index in [2.05, 4.69) is 22.5 Å². The van der Waals surface area contributed by atoms with Gasteiger partial charge in [-0.1, -0.05) is 44.9 Å². The van der Waals surface area contributed by atoms with E-state index in [4.69, 9.17) is 9.47 Å². The molecule has 0 atom stereocenters. The minimum absolute atomic E-state index is 0.125. The van der Waals surface area contributed by atoms with Crippen molar-refractivity contribution in [3.05, 3.63) is 47.6 Å². The summed E-state index contributed by atoms with van der Waals surface area (Å²) < 4.78 is 115. The molecule has 1 aromatic carbocycles. The van der Waals surface area contributed by atoms with Crippen LogP contribution in [0.3, 0.4) is 0 Å². The van der Waals surface area contributed by atoms with Gasteiger partial charge >= 0.3 is 12.5 Å². The standard InChI is InChI=1S/C32H41F7O4/c1-3-5-23(30-40-18-24(19-41-30)22-12-8-20(2)9-13-22)7-4-6-21-10-14-25(15-11-21)31(35,36)42-26-16-27(33)29(28(34)17-26)43-32(37,38)39/h4-5,7,16-17,20-22,24-25,30H,3,6,8-15,18-19H2,1-2H3/b7-4-,23-5+. The summed E-state index contributed by atoms with van der Waals surface area (Å²) in [5, 5.41) is 0. The molecule has 4 rings (SSSR count). The molecule has 2 aliphatic carbocycles. The Bertz CT molecular complexity index is 1070. The van der Waals surface area contributed by atoms with Crippen molar-refractivity contribution in [2.45, 2.75) is 96.8 Å². The zero-order valence-corrected chi connectivity index (χ0v) is 24.6. The summed E-state index contributed by atoms with van der Waals surface area (Å²) in [6.45, 7) is 5.72. The Morgan fingerprint density at radius 3 is 2.02 bits per heavy atom. The number of halogens is 7. The van der Waals surface area contributed by atoms with Crippen LogP contribution in [0.1, 0.15) is 78.1 Å². The van der Waals surface area contributed by atoms with Gasteiger partial charge in [-0.3, -0.25) is 0 Å². The Morgan fingerprint density at radius 1 is 0.860 bits per heavy atom. The normalized spacial score (nSPS) is 29.6.